The van der Waals surface area contributed by atoms with Gasteiger partial charge in [0, 0.05) is 10.6 Å². The van der Waals surface area contributed by atoms with Gasteiger partial charge < -0.3 is 4.74 Å². The fraction of sp³-hybridized carbons (Fsp3) is 0.111. The number of hydrogen-bond donors (Lipinski definition) is 1. The van der Waals surface area contributed by atoms with Crippen LogP contribution in [0, 0.1) is 0 Å². The third-order valence-corrected chi connectivity index (χ3v) is 1.93. The predicted octanol–water partition coefficient (Wildman–Crippen LogP) is 1.15. The minimum Gasteiger partial charge on any atom is -0.466 e. The lowest BCUT2D eigenvalue weighted by Gasteiger charge is -2.13. The van der Waals surface area contributed by atoms with Crippen LogP contribution in [0.1, 0.15) is 5.56 Å². The molecule has 14 heavy (non-hydrogen) atoms. The second kappa shape index (κ2) is 3.67. The molecule has 1 aliphatic rings. The van der Waals surface area contributed by atoms with Crippen molar-refractivity contribution in [3.05, 3.63) is 34.9 Å². The summed E-state index contributed by atoms with van der Waals surface area (Å²) in [6, 6.07) is 7.08. The Morgan fingerprint density at radius 1 is 1.50 bits per heavy atom. The minimum absolute atomic E-state index is 0.00858. The Kier molecular flexibility index (Phi) is 2.37. The Labute approximate surface area is 85.5 Å². The van der Waals surface area contributed by atoms with Crippen LogP contribution >= 0.6 is 11.6 Å². The fourth-order valence-corrected chi connectivity index (χ4v) is 1.27. The molecule has 0 fully saturated rings. The zero-order valence-corrected chi connectivity index (χ0v) is 7.91. The van der Waals surface area contributed by atoms with Gasteiger partial charge in [-0.3, -0.25) is 4.79 Å². The summed E-state index contributed by atoms with van der Waals surface area (Å²) in [6.07, 6.45) is 0. The molecule has 0 aliphatic carbocycles. The molecule has 0 aromatic heterocycles. The third kappa shape index (κ3) is 1.85. The zero-order chi connectivity index (χ0) is 9.97. The standard InChI is InChI=1S/C9H7ClN2O2/c10-7-3-1-2-6(4-7)9-12-11-8(13)5-14-9/h1-4H,5H2,(H,11,13). The summed E-state index contributed by atoms with van der Waals surface area (Å²) in [6.45, 7) is -0.00858. The maximum atomic E-state index is 10.7. The van der Waals surface area contributed by atoms with Crippen LogP contribution < -0.4 is 5.43 Å². The second-order valence-electron chi connectivity index (χ2n) is 2.75. The van der Waals surface area contributed by atoms with E-state index in [-0.39, 0.29) is 12.5 Å². The van der Waals surface area contributed by atoms with E-state index in [1.807, 2.05) is 6.07 Å². The molecule has 1 amide bonds. The topological polar surface area (TPSA) is 50.7 Å². The third-order valence-electron chi connectivity index (χ3n) is 1.69. The Hall–Kier alpha value is -1.55. The zero-order valence-electron chi connectivity index (χ0n) is 7.16. The number of hydrazone groups is 1. The van der Waals surface area contributed by atoms with Gasteiger partial charge in [-0.25, -0.2) is 5.43 Å². The highest BCUT2D eigenvalue weighted by Gasteiger charge is 2.13. The average Bonchev–Trinajstić information content (AvgIpc) is 2.19. The predicted molar refractivity (Wildman–Crippen MR) is 52.1 cm³/mol. The number of hydrogen-bond acceptors (Lipinski definition) is 3. The van der Waals surface area contributed by atoms with Crippen LogP contribution in [0.5, 0.6) is 0 Å². The van der Waals surface area contributed by atoms with Crippen LogP contribution in [-0.2, 0) is 9.53 Å². The van der Waals surface area contributed by atoms with E-state index in [9.17, 15) is 4.79 Å². The lowest BCUT2D eigenvalue weighted by Crippen LogP contribution is -2.32. The number of nitrogens with zero attached hydrogens (tertiary/aromatic N) is 1. The molecule has 1 aliphatic heterocycles. The number of carbonyl (C=O) groups is 1. The van der Waals surface area contributed by atoms with Gasteiger partial charge in [0.05, 0.1) is 0 Å². The van der Waals surface area contributed by atoms with E-state index in [0.717, 1.165) is 5.56 Å². The Morgan fingerprint density at radius 3 is 3.00 bits per heavy atom. The SMILES string of the molecule is O=C1COC(c2cccc(Cl)c2)=NN1. The molecule has 5 heteroatoms. The van der Waals surface area contributed by atoms with Crippen LogP contribution in [-0.4, -0.2) is 18.4 Å². The monoisotopic (exact) mass is 210 g/mol. The number of carbonyl (C=O) groups excluding carboxylic acids is 1. The lowest BCUT2D eigenvalue weighted by molar-refractivity contribution is -0.124. The summed E-state index contributed by atoms with van der Waals surface area (Å²) >= 11 is 5.79. The molecular formula is C9H7ClN2O2. The molecule has 0 saturated carbocycles. The molecule has 2 rings (SSSR count). The van der Waals surface area contributed by atoms with E-state index >= 15 is 0 Å². The van der Waals surface area contributed by atoms with Gasteiger partial charge in [0.15, 0.2) is 6.61 Å². The van der Waals surface area contributed by atoms with Gasteiger partial charge in [-0.2, -0.15) is 0 Å². The molecule has 1 heterocycles. The molecule has 1 N–H and O–H groups in total. The van der Waals surface area contributed by atoms with E-state index in [2.05, 4.69) is 10.5 Å². The first-order chi connectivity index (χ1) is 6.75. The summed E-state index contributed by atoms with van der Waals surface area (Å²) < 4.78 is 5.11. The van der Waals surface area contributed by atoms with Gasteiger partial charge in [-0.15, -0.1) is 5.10 Å². The number of benzene rings is 1. The van der Waals surface area contributed by atoms with Crippen molar-refractivity contribution in [3.63, 3.8) is 0 Å². The summed E-state index contributed by atoms with van der Waals surface area (Å²) in [7, 11) is 0. The lowest BCUT2D eigenvalue weighted by atomic mass is 10.2. The van der Waals surface area contributed by atoms with E-state index in [4.69, 9.17) is 16.3 Å². The normalized spacial score (nSPS) is 15.5. The van der Waals surface area contributed by atoms with Crippen molar-refractivity contribution in [2.45, 2.75) is 0 Å². The molecular weight excluding hydrogens is 204 g/mol. The molecule has 4 nitrogen and oxygen atoms in total. The number of halogens is 1. The number of amides is 1. The first-order valence-electron chi connectivity index (χ1n) is 4.01. The molecule has 0 spiro atoms. The van der Waals surface area contributed by atoms with Crippen LogP contribution in [0.3, 0.4) is 0 Å². The summed E-state index contributed by atoms with van der Waals surface area (Å²) in [5.74, 6) is 0.128. The molecule has 0 bridgehead atoms. The van der Waals surface area contributed by atoms with E-state index in [0.29, 0.717) is 10.9 Å². The fourth-order valence-electron chi connectivity index (χ4n) is 1.08. The number of nitrogens with one attached hydrogen (secondary N) is 1. The van der Waals surface area contributed by atoms with E-state index < -0.39 is 0 Å². The van der Waals surface area contributed by atoms with Crippen LogP contribution in [0.15, 0.2) is 29.4 Å². The smallest absolute Gasteiger partial charge is 0.278 e. The summed E-state index contributed by atoms with van der Waals surface area (Å²) in [5, 5.41) is 4.36. The Morgan fingerprint density at radius 2 is 2.36 bits per heavy atom. The number of rotatable bonds is 1. The van der Waals surface area contributed by atoms with Crippen molar-refractivity contribution in [1.29, 1.82) is 0 Å². The summed E-state index contributed by atoms with van der Waals surface area (Å²) in [4.78, 5) is 10.7. The molecule has 0 atom stereocenters. The first-order valence-corrected chi connectivity index (χ1v) is 4.39. The molecule has 1 aromatic carbocycles. The second-order valence-corrected chi connectivity index (χ2v) is 3.19. The molecule has 72 valence electrons. The quantitative estimate of drug-likeness (QED) is 0.756. The van der Waals surface area contributed by atoms with Crippen molar-refractivity contribution in [2.75, 3.05) is 6.61 Å². The highest BCUT2D eigenvalue weighted by Crippen LogP contribution is 2.12. The maximum Gasteiger partial charge on any atom is 0.278 e. The van der Waals surface area contributed by atoms with Gasteiger partial charge in [0.1, 0.15) is 0 Å². The van der Waals surface area contributed by atoms with Gasteiger partial charge in [0.2, 0.25) is 5.90 Å². The van der Waals surface area contributed by atoms with Crippen molar-refractivity contribution < 1.29 is 9.53 Å². The largest absolute Gasteiger partial charge is 0.466 e. The first kappa shape index (κ1) is 9.02. The van der Waals surface area contributed by atoms with E-state index in [1.165, 1.54) is 0 Å². The van der Waals surface area contributed by atoms with Crippen LogP contribution in [0.2, 0.25) is 5.02 Å². The van der Waals surface area contributed by atoms with Gasteiger partial charge in [-0.1, -0.05) is 17.7 Å². The van der Waals surface area contributed by atoms with Crippen LogP contribution in [0.4, 0.5) is 0 Å². The highest BCUT2D eigenvalue weighted by molar-refractivity contribution is 6.31. The summed E-state index contributed by atoms with van der Waals surface area (Å²) in [5.41, 5.74) is 3.08. The van der Waals surface area contributed by atoms with Crippen molar-refractivity contribution in [1.82, 2.24) is 5.43 Å². The number of ether oxygens (including phenoxy) is 1. The van der Waals surface area contributed by atoms with Gasteiger partial charge in [-0.05, 0) is 18.2 Å². The Bertz CT molecular complexity index is 404. The van der Waals surface area contributed by atoms with Crippen molar-refractivity contribution in [2.24, 2.45) is 5.10 Å². The molecule has 1 aromatic rings. The average molecular weight is 211 g/mol. The Balaban J connectivity index is 2.27. The molecule has 0 saturated heterocycles. The van der Waals surface area contributed by atoms with Crippen molar-refractivity contribution >= 4 is 23.4 Å². The molecule has 0 radical (unpaired) electrons. The van der Waals surface area contributed by atoms with Crippen LogP contribution in [0.25, 0.3) is 0 Å². The van der Waals surface area contributed by atoms with Crippen molar-refractivity contribution in [3.8, 4) is 0 Å². The van der Waals surface area contributed by atoms with Gasteiger partial charge >= 0.3 is 0 Å². The minimum atomic E-state index is -0.254. The highest BCUT2D eigenvalue weighted by atomic mass is 35.5. The van der Waals surface area contributed by atoms with Gasteiger partial charge in [0.25, 0.3) is 5.91 Å². The maximum absolute atomic E-state index is 10.7. The molecule has 0 unspecified atom stereocenters. The van der Waals surface area contributed by atoms with E-state index in [1.54, 1.807) is 18.2 Å².